The summed E-state index contributed by atoms with van der Waals surface area (Å²) in [5.41, 5.74) is 0.673. The number of fused-ring (bicyclic) bond motifs is 1. The molecule has 26 heavy (non-hydrogen) atoms. The summed E-state index contributed by atoms with van der Waals surface area (Å²) >= 11 is 0. The van der Waals surface area contributed by atoms with Crippen molar-refractivity contribution in [3.63, 3.8) is 0 Å². The average Bonchev–Trinajstić information content (AvgIpc) is 3.27. The maximum Gasteiger partial charge on any atom is 0.316 e. The van der Waals surface area contributed by atoms with Gasteiger partial charge in [0.15, 0.2) is 0 Å². The molecule has 1 aliphatic heterocycles. The number of aromatic nitrogens is 4. The minimum absolute atomic E-state index is 0.0931. The highest BCUT2D eigenvalue weighted by Crippen LogP contribution is 2.49. The second-order valence-corrected chi connectivity index (χ2v) is 9.17. The van der Waals surface area contributed by atoms with Gasteiger partial charge < -0.3 is 9.30 Å². The van der Waals surface area contributed by atoms with Crippen LogP contribution in [-0.4, -0.2) is 51.9 Å². The Morgan fingerprint density at radius 1 is 1.35 bits per heavy atom. The van der Waals surface area contributed by atoms with Crippen molar-refractivity contribution in [2.45, 2.75) is 31.3 Å². The fourth-order valence-corrected chi connectivity index (χ4v) is 5.86. The summed E-state index contributed by atoms with van der Waals surface area (Å²) in [5, 5.41) is 0.0931. The number of ether oxygens (including phenoxy) is 1. The van der Waals surface area contributed by atoms with Crippen LogP contribution in [0.1, 0.15) is 25.0 Å². The van der Waals surface area contributed by atoms with Gasteiger partial charge in [-0.25, -0.2) is 23.4 Å². The predicted octanol–water partition coefficient (Wildman–Crippen LogP) is 1.39. The monoisotopic (exact) mass is 377 g/mol. The molecule has 9 heteroatoms. The Labute approximate surface area is 153 Å². The Kier molecular flexibility index (Phi) is 4.23. The van der Waals surface area contributed by atoms with Crippen LogP contribution >= 0.6 is 0 Å². The summed E-state index contributed by atoms with van der Waals surface area (Å²) in [6, 6.07) is 2.18. The zero-order chi connectivity index (χ0) is 18.4. The van der Waals surface area contributed by atoms with E-state index in [1.807, 2.05) is 13.0 Å². The summed E-state index contributed by atoms with van der Waals surface area (Å²) in [5.74, 6) is 0.294. The number of hydrogen-bond acceptors (Lipinski definition) is 6. The molecule has 0 bridgehead atoms. The second-order valence-electron chi connectivity index (χ2n) is 7.34. The lowest BCUT2D eigenvalue weighted by molar-refractivity contribution is 0.125. The van der Waals surface area contributed by atoms with Gasteiger partial charge in [-0.1, -0.05) is 6.42 Å². The molecule has 0 amide bonds. The van der Waals surface area contributed by atoms with E-state index in [0.29, 0.717) is 31.6 Å². The Hall–Kier alpha value is -2.00. The van der Waals surface area contributed by atoms with E-state index in [-0.39, 0.29) is 10.6 Å². The lowest BCUT2D eigenvalue weighted by atomic mass is 9.82. The molecule has 0 N–H and O–H groups in total. The van der Waals surface area contributed by atoms with E-state index in [4.69, 9.17) is 4.74 Å². The molecule has 0 radical (unpaired) electrons. The lowest BCUT2D eigenvalue weighted by Gasteiger charge is -2.28. The smallest absolute Gasteiger partial charge is 0.316 e. The van der Waals surface area contributed by atoms with Crippen molar-refractivity contribution in [2.24, 2.45) is 18.4 Å². The molecule has 2 atom stereocenters. The van der Waals surface area contributed by atoms with Crippen LogP contribution in [0.5, 0.6) is 6.01 Å². The first-order chi connectivity index (χ1) is 12.4. The molecule has 2 aromatic rings. The van der Waals surface area contributed by atoms with Crippen LogP contribution in [0.2, 0.25) is 0 Å². The largest absolute Gasteiger partial charge is 0.463 e. The minimum atomic E-state index is -3.60. The molecule has 1 saturated heterocycles. The second kappa shape index (κ2) is 6.31. The molecule has 8 nitrogen and oxygen atoms in total. The molecule has 0 spiro atoms. The van der Waals surface area contributed by atoms with E-state index in [0.717, 1.165) is 25.0 Å². The molecule has 2 fully saturated rings. The van der Waals surface area contributed by atoms with Crippen molar-refractivity contribution in [1.29, 1.82) is 0 Å². The van der Waals surface area contributed by atoms with E-state index >= 15 is 0 Å². The van der Waals surface area contributed by atoms with Gasteiger partial charge in [0, 0.05) is 49.8 Å². The Morgan fingerprint density at radius 3 is 2.92 bits per heavy atom. The molecule has 2 aromatic heterocycles. The zero-order valence-electron chi connectivity index (χ0n) is 15.0. The predicted molar refractivity (Wildman–Crippen MR) is 94.0 cm³/mol. The van der Waals surface area contributed by atoms with Gasteiger partial charge in [0.05, 0.1) is 6.61 Å². The molecular weight excluding hydrogens is 354 g/mol. The van der Waals surface area contributed by atoms with Crippen molar-refractivity contribution < 1.29 is 13.2 Å². The van der Waals surface area contributed by atoms with Crippen LogP contribution in [0.15, 0.2) is 29.8 Å². The number of rotatable bonds is 5. The van der Waals surface area contributed by atoms with E-state index in [9.17, 15) is 8.42 Å². The van der Waals surface area contributed by atoms with Crippen LogP contribution in [-0.2, 0) is 17.1 Å². The average molecular weight is 377 g/mol. The van der Waals surface area contributed by atoms with Crippen LogP contribution in [0.4, 0.5) is 0 Å². The minimum Gasteiger partial charge on any atom is -0.463 e. The van der Waals surface area contributed by atoms with Crippen molar-refractivity contribution >= 4 is 10.0 Å². The molecule has 140 valence electrons. The Bertz CT molecular complexity index is 913. The van der Waals surface area contributed by atoms with E-state index in [2.05, 4.69) is 15.0 Å². The fourth-order valence-electron chi connectivity index (χ4n) is 4.20. The fraction of sp³-hybridized carbons (Fsp3) is 0.588. The third-order valence-electron chi connectivity index (χ3n) is 5.62. The van der Waals surface area contributed by atoms with Gasteiger partial charge in [0.25, 0.3) is 10.0 Å². The van der Waals surface area contributed by atoms with E-state index in [1.54, 1.807) is 28.3 Å². The van der Waals surface area contributed by atoms with Crippen molar-refractivity contribution in [1.82, 2.24) is 23.8 Å². The first kappa shape index (κ1) is 17.4. The van der Waals surface area contributed by atoms with E-state index < -0.39 is 10.0 Å². The van der Waals surface area contributed by atoms with Crippen LogP contribution in [0.3, 0.4) is 0 Å². The summed E-state index contributed by atoms with van der Waals surface area (Å²) in [6.45, 7) is 3.31. The van der Waals surface area contributed by atoms with Gasteiger partial charge in [-0.3, -0.25) is 0 Å². The maximum atomic E-state index is 13.0. The van der Waals surface area contributed by atoms with Crippen molar-refractivity contribution in [3.05, 3.63) is 30.4 Å². The SMILES string of the molecule is Cc1ccnc(OCC23CCCC2CN(S(=O)(=O)c2nccn2C)C3)n1. The quantitative estimate of drug-likeness (QED) is 0.782. The lowest BCUT2D eigenvalue weighted by Crippen LogP contribution is -2.36. The number of hydrogen-bond donors (Lipinski definition) is 0. The summed E-state index contributed by atoms with van der Waals surface area (Å²) < 4.78 is 35.0. The Morgan fingerprint density at radius 2 is 2.19 bits per heavy atom. The zero-order valence-corrected chi connectivity index (χ0v) is 15.8. The van der Waals surface area contributed by atoms with Gasteiger partial charge in [0.2, 0.25) is 5.16 Å². The third-order valence-corrected chi connectivity index (χ3v) is 7.43. The molecular formula is C17H23N5O3S. The standard InChI is InChI=1S/C17H23N5O3S/c1-13-5-7-18-15(20-13)25-12-17-6-3-4-14(17)10-22(11-17)26(23,24)16-19-8-9-21(16)2/h5,7-9,14H,3-4,6,10-12H2,1-2H3. The summed E-state index contributed by atoms with van der Waals surface area (Å²) in [7, 11) is -1.90. The topological polar surface area (TPSA) is 90.2 Å². The number of aryl methyl sites for hydroxylation is 2. The van der Waals surface area contributed by atoms with Crippen LogP contribution in [0.25, 0.3) is 0 Å². The molecule has 4 rings (SSSR count). The highest BCUT2D eigenvalue weighted by Gasteiger charge is 2.53. The van der Waals surface area contributed by atoms with Gasteiger partial charge >= 0.3 is 6.01 Å². The van der Waals surface area contributed by atoms with Crippen molar-refractivity contribution in [3.8, 4) is 6.01 Å². The van der Waals surface area contributed by atoms with Crippen LogP contribution in [0, 0.1) is 18.3 Å². The van der Waals surface area contributed by atoms with Crippen molar-refractivity contribution in [2.75, 3.05) is 19.7 Å². The van der Waals surface area contributed by atoms with Crippen LogP contribution < -0.4 is 4.74 Å². The molecule has 2 aliphatic rings. The Balaban J connectivity index is 1.54. The number of sulfonamides is 1. The molecule has 1 saturated carbocycles. The molecule has 3 heterocycles. The molecule has 1 aliphatic carbocycles. The highest BCUT2D eigenvalue weighted by atomic mass is 32.2. The van der Waals surface area contributed by atoms with Gasteiger partial charge in [-0.15, -0.1) is 0 Å². The highest BCUT2D eigenvalue weighted by molar-refractivity contribution is 7.89. The van der Waals surface area contributed by atoms with E-state index in [1.165, 1.54) is 6.20 Å². The van der Waals surface area contributed by atoms with Gasteiger partial charge in [0.1, 0.15) is 0 Å². The number of imidazole rings is 1. The summed E-state index contributed by atoms with van der Waals surface area (Å²) in [6.07, 6.45) is 7.91. The van der Waals surface area contributed by atoms with Gasteiger partial charge in [-0.2, -0.15) is 4.31 Å². The third kappa shape index (κ3) is 2.88. The first-order valence-corrected chi connectivity index (χ1v) is 10.2. The molecule has 2 unspecified atom stereocenters. The first-order valence-electron chi connectivity index (χ1n) is 8.81. The summed E-state index contributed by atoms with van der Waals surface area (Å²) in [4.78, 5) is 12.5. The maximum absolute atomic E-state index is 13.0. The number of nitrogens with zero attached hydrogens (tertiary/aromatic N) is 5. The van der Waals surface area contributed by atoms with Gasteiger partial charge in [-0.05, 0) is 31.7 Å². The molecule has 0 aromatic carbocycles. The normalized spacial score (nSPS) is 26.2.